The summed E-state index contributed by atoms with van der Waals surface area (Å²) < 4.78 is 3.15. The molecule has 0 atom stereocenters. The highest BCUT2D eigenvalue weighted by atomic mass is 16.6. The first-order valence-corrected chi connectivity index (χ1v) is 9.05. The van der Waals surface area contributed by atoms with Gasteiger partial charge in [-0.3, -0.25) is 9.48 Å². The fourth-order valence-corrected chi connectivity index (χ4v) is 3.13. The molecule has 9 heteroatoms. The fraction of sp³-hybridized carbons (Fsp3) is 0.150. The summed E-state index contributed by atoms with van der Waals surface area (Å²) >= 11 is 0. The summed E-state index contributed by atoms with van der Waals surface area (Å²) in [5, 5.41) is 23.9. The minimum absolute atomic E-state index is 0.146. The fourth-order valence-electron chi connectivity index (χ4n) is 3.13. The molecular weight excluding hydrogens is 372 g/mol. The number of hydrogen-bond donors (Lipinski definition) is 1. The molecule has 2 aromatic heterocycles. The van der Waals surface area contributed by atoms with Crippen LogP contribution in [0.15, 0.2) is 67.1 Å². The molecule has 0 unspecified atom stereocenters. The van der Waals surface area contributed by atoms with Gasteiger partial charge in [0.05, 0.1) is 42.3 Å². The van der Waals surface area contributed by atoms with Crippen LogP contribution in [0.25, 0.3) is 10.8 Å². The first-order chi connectivity index (χ1) is 14.1. The predicted octanol–water partition coefficient (Wildman–Crippen LogP) is 3.22. The minimum Gasteiger partial charge on any atom is -0.358 e. The zero-order valence-corrected chi connectivity index (χ0v) is 15.4. The van der Waals surface area contributed by atoms with Gasteiger partial charge < -0.3 is 15.4 Å². The molecule has 146 valence electrons. The molecule has 0 saturated heterocycles. The molecule has 0 spiro atoms. The SMILES string of the molecule is O=C(CCn1ccc([N+](=O)[O-])n1)Nc1cnn(Cc2cccc3ccccc23)c1. The Hall–Kier alpha value is -4.01. The molecule has 2 heterocycles. The van der Waals surface area contributed by atoms with Crippen molar-refractivity contribution in [1.82, 2.24) is 19.6 Å². The second-order valence-corrected chi connectivity index (χ2v) is 6.56. The second-order valence-electron chi connectivity index (χ2n) is 6.56. The van der Waals surface area contributed by atoms with E-state index in [1.54, 1.807) is 17.1 Å². The lowest BCUT2D eigenvalue weighted by molar-refractivity contribution is -0.389. The number of amides is 1. The first kappa shape index (κ1) is 18.4. The van der Waals surface area contributed by atoms with Crippen molar-refractivity contribution >= 4 is 28.2 Å². The van der Waals surface area contributed by atoms with Gasteiger partial charge in [-0.15, -0.1) is 0 Å². The van der Waals surface area contributed by atoms with Crippen LogP contribution in [0.5, 0.6) is 0 Å². The molecule has 0 fully saturated rings. The standard InChI is InChI=1S/C20H18N6O3/c27-20(9-11-24-10-8-19(23-24)26(28)29)22-17-12-21-25(14-17)13-16-6-3-5-15-4-1-2-7-18(15)16/h1-8,10,12,14H,9,11,13H2,(H,22,27). The van der Waals surface area contributed by atoms with E-state index in [1.165, 1.54) is 27.7 Å². The summed E-state index contributed by atoms with van der Waals surface area (Å²) in [6, 6.07) is 15.6. The van der Waals surface area contributed by atoms with E-state index < -0.39 is 4.92 Å². The van der Waals surface area contributed by atoms with Gasteiger partial charge in [0.25, 0.3) is 0 Å². The summed E-state index contributed by atoms with van der Waals surface area (Å²) in [6.07, 6.45) is 5.00. The van der Waals surface area contributed by atoms with Crippen LogP contribution in [-0.4, -0.2) is 30.4 Å². The maximum absolute atomic E-state index is 12.1. The van der Waals surface area contributed by atoms with Gasteiger partial charge in [-0.1, -0.05) is 42.5 Å². The van der Waals surface area contributed by atoms with E-state index in [0.717, 1.165) is 5.56 Å². The monoisotopic (exact) mass is 390 g/mol. The zero-order chi connectivity index (χ0) is 20.2. The molecule has 4 aromatic rings. The lowest BCUT2D eigenvalue weighted by Gasteiger charge is -2.06. The van der Waals surface area contributed by atoms with Crippen molar-refractivity contribution in [1.29, 1.82) is 0 Å². The second kappa shape index (κ2) is 7.93. The van der Waals surface area contributed by atoms with E-state index in [1.807, 2.05) is 18.2 Å². The first-order valence-electron chi connectivity index (χ1n) is 9.05. The van der Waals surface area contributed by atoms with Gasteiger partial charge in [0, 0.05) is 12.6 Å². The van der Waals surface area contributed by atoms with Gasteiger partial charge in [0.2, 0.25) is 5.91 Å². The molecule has 0 bridgehead atoms. The number of benzene rings is 2. The van der Waals surface area contributed by atoms with Gasteiger partial charge in [-0.25, -0.2) is 0 Å². The Labute approximate surface area is 165 Å². The molecule has 29 heavy (non-hydrogen) atoms. The molecule has 1 N–H and O–H groups in total. The normalized spacial score (nSPS) is 10.9. The third-order valence-corrected chi connectivity index (χ3v) is 4.51. The van der Waals surface area contributed by atoms with Crippen molar-refractivity contribution in [3.05, 3.63) is 82.8 Å². The summed E-state index contributed by atoms with van der Waals surface area (Å²) in [5.41, 5.74) is 1.74. The number of carbonyl (C=O) groups excluding carboxylic acids is 1. The van der Waals surface area contributed by atoms with E-state index in [-0.39, 0.29) is 24.7 Å². The largest absolute Gasteiger partial charge is 0.389 e. The van der Waals surface area contributed by atoms with Crippen LogP contribution in [0.2, 0.25) is 0 Å². The molecule has 4 rings (SSSR count). The lowest BCUT2D eigenvalue weighted by atomic mass is 10.0. The van der Waals surface area contributed by atoms with Crippen LogP contribution in [0.3, 0.4) is 0 Å². The number of rotatable bonds is 7. The van der Waals surface area contributed by atoms with Crippen LogP contribution in [0, 0.1) is 10.1 Å². The maximum atomic E-state index is 12.1. The van der Waals surface area contributed by atoms with Crippen molar-refractivity contribution in [3.8, 4) is 0 Å². The molecule has 2 aromatic carbocycles. The molecule has 0 radical (unpaired) electrons. The van der Waals surface area contributed by atoms with Gasteiger partial charge in [-0.2, -0.15) is 9.78 Å². The number of carbonyl (C=O) groups is 1. The average molecular weight is 390 g/mol. The van der Waals surface area contributed by atoms with Crippen LogP contribution < -0.4 is 5.32 Å². The zero-order valence-electron chi connectivity index (χ0n) is 15.4. The third-order valence-electron chi connectivity index (χ3n) is 4.51. The van der Waals surface area contributed by atoms with Crippen molar-refractivity contribution in [2.45, 2.75) is 19.5 Å². The number of nitrogens with one attached hydrogen (secondary N) is 1. The van der Waals surface area contributed by atoms with E-state index >= 15 is 0 Å². The summed E-state index contributed by atoms with van der Waals surface area (Å²) in [4.78, 5) is 22.2. The lowest BCUT2D eigenvalue weighted by Crippen LogP contribution is -2.14. The number of hydrogen-bond acceptors (Lipinski definition) is 5. The minimum atomic E-state index is -0.569. The average Bonchev–Trinajstić information content (AvgIpc) is 3.36. The molecule has 0 aliphatic heterocycles. The third kappa shape index (κ3) is 4.29. The highest BCUT2D eigenvalue weighted by Crippen LogP contribution is 2.19. The van der Waals surface area contributed by atoms with Crippen LogP contribution in [0.4, 0.5) is 11.5 Å². The van der Waals surface area contributed by atoms with Crippen molar-refractivity contribution in [2.75, 3.05) is 5.32 Å². The summed E-state index contributed by atoms with van der Waals surface area (Å²) in [5.74, 6) is -0.451. The van der Waals surface area contributed by atoms with Crippen molar-refractivity contribution in [2.24, 2.45) is 0 Å². The van der Waals surface area contributed by atoms with Gasteiger partial charge in [0.1, 0.15) is 0 Å². The number of nitro groups is 1. The molecule has 9 nitrogen and oxygen atoms in total. The Bertz CT molecular complexity index is 1170. The van der Waals surface area contributed by atoms with Gasteiger partial charge in [0.15, 0.2) is 0 Å². The Morgan fingerprint density at radius 1 is 1.10 bits per heavy atom. The smallest absolute Gasteiger partial charge is 0.358 e. The van der Waals surface area contributed by atoms with Crippen molar-refractivity contribution < 1.29 is 9.72 Å². The molecule has 0 saturated carbocycles. The number of aryl methyl sites for hydroxylation is 1. The van der Waals surface area contributed by atoms with E-state index in [2.05, 4.69) is 39.8 Å². The topological polar surface area (TPSA) is 108 Å². The maximum Gasteiger partial charge on any atom is 0.389 e. The summed E-state index contributed by atoms with van der Waals surface area (Å²) in [6.45, 7) is 0.845. The quantitative estimate of drug-likeness (QED) is 0.385. The Kier molecular flexibility index (Phi) is 5.02. The predicted molar refractivity (Wildman–Crippen MR) is 107 cm³/mol. The van der Waals surface area contributed by atoms with E-state index in [4.69, 9.17) is 0 Å². The highest BCUT2D eigenvalue weighted by molar-refractivity contribution is 5.90. The van der Waals surface area contributed by atoms with E-state index in [9.17, 15) is 14.9 Å². The van der Waals surface area contributed by atoms with Crippen LogP contribution in [0.1, 0.15) is 12.0 Å². The van der Waals surface area contributed by atoms with Crippen molar-refractivity contribution in [3.63, 3.8) is 0 Å². The molecule has 0 aliphatic carbocycles. The highest BCUT2D eigenvalue weighted by Gasteiger charge is 2.12. The Morgan fingerprint density at radius 3 is 2.76 bits per heavy atom. The van der Waals surface area contributed by atoms with Gasteiger partial charge >= 0.3 is 5.82 Å². The molecular formula is C20H18N6O3. The molecule has 1 amide bonds. The van der Waals surface area contributed by atoms with Gasteiger partial charge in [-0.05, 0) is 21.3 Å². The number of nitrogens with zero attached hydrogens (tertiary/aromatic N) is 5. The van der Waals surface area contributed by atoms with E-state index in [0.29, 0.717) is 12.2 Å². The number of fused-ring (bicyclic) bond motifs is 1. The Balaban J connectivity index is 1.36. The number of aromatic nitrogens is 4. The summed E-state index contributed by atoms with van der Waals surface area (Å²) in [7, 11) is 0. The van der Waals surface area contributed by atoms with Crippen LogP contribution in [-0.2, 0) is 17.9 Å². The Morgan fingerprint density at radius 2 is 1.93 bits per heavy atom. The molecule has 0 aliphatic rings. The number of anilines is 1. The van der Waals surface area contributed by atoms with Crippen LogP contribution >= 0.6 is 0 Å².